The van der Waals surface area contributed by atoms with Gasteiger partial charge in [-0.25, -0.2) is 9.13 Å². The minimum absolute atomic E-state index is 0.170. The van der Waals surface area contributed by atoms with E-state index in [1.807, 2.05) is 46.8 Å². The van der Waals surface area contributed by atoms with Gasteiger partial charge in [-0.3, -0.25) is 4.52 Å². The lowest BCUT2D eigenvalue weighted by molar-refractivity contribution is -0.0736. The van der Waals surface area contributed by atoms with Gasteiger partial charge in [-0.15, -0.1) is 0 Å². The lowest BCUT2D eigenvalue weighted by atomic mass is 9.71. The van der Waals surface area contributed by atoms with Crippen molar-refractivity contribution >= 4 is 15.6 Å². The van der Waals surface area contributed by atoms with Gasteiger partial charge >= 0.3 is 15.6 Å². The maximum Gasteiger partial charge on any atom is 0.481 e. The molecule has 0 saturated heterocycles. The first kappa shape index (κ1) is 41.6. The van der Waals surface area contributed by atoms with E-state index in [0.29, 0.717) is 11.3 Å². The number of aryl methyl sites for hydroxylation is 2. The zero-order valence-electron chi connectivity index (χ0n) is 30.7. The molecule has 2 rings (SSSR count). The Bertz CT molecular complexity index is 1510. The van der Waals surface area contributed by atoms with Crippen LogP contribution >= 0.6 is 15.6 Å². The Morgan fingerprint density at radius 2 is 1.09 bits per heavy atom. The first-order chi connectivity index (χ1) is 20.9. The highest BCUT2D eigenvalue weighted by molar-refractivity contribution is 7.60. The van der Waals surface area contributed by atoms with Crippen molar-refractivity contribution in [3.05, 3.63) is 63.2 Å². The Labute approximate surface area is 281 Å². The molecule has 268 valence electrons. The monoisotopic (exact) mass is 700 g/mol. The largest absolute Gasteiger partial charge is 0.484 e. The summed E-state index contributed by atoms with van der Waals surface area (Å²) < 4.78 is 40.3. The topological polar surface area (TPSA) is 163 Å². The van der Waals surface area contributed by atoms with Crippen LogP contribution in [0.2, 0.25) is 0 Å². The normalized spacial score (nSPS) is 15.8. The van der Waals surface area contributed by atoms with Crippen molar-refractivity contribution in [2.24, 2.45) is 5.41 Å². The predicted octanol–water partition coefficient (Wildman–Crippen LogP) is 7.81. The average molecular weight is 701 g/mol. The second-order valence-electron chi connectivity index (χ2n) is 16.9. The van der Waals surface area contributed by atoms with Gasteiger partial charge in [0, 0.05) is 5.56 Å². The zero-order chi connectivity index (χ0) is 36.8. The molecule has 0 spiro atoms. The summed E-state index contributed by atoms with van der Waals surface area (Å²) in [7, 11) is -10.8. The Kier molecular flexibility index (Phi) is 12.4. The van der Waals surface area contributed by atoms with E-state index in [2.05, 4.69) is 78.8 Å². The van der Waals surface area contributed by atoms with Gasteiger partial charge < -0.3 is 29.6 Å². The van der Waals surface area contributed by atoms with Gasteiger partial charge in [0.15, 0.2) is 0 Å². The van der Waals surface area contributed by atoms with Crippen LogP contribution in [0.15, 0.2) is 24.3 Å². The standard InChI is InChI=1S/C35H58O10P2/c1-22-15-24(31(3,4)5)17-26(33(9,10)11)28(22)30(35(19-36,20-37)21-43-47(41,42)45-46(38,39)40)44-29-23(2)16-25(32(6,7)8)18-27(29)34(12,13)14/h15-18,30,36-37H,19-21H2,1-14H3,(H,41,42)(H2,38,39,40). The highest BCUT2D eigenvalue weighted by Gasteiger charge is 2.47. The van der Waals surface area contributed by atoms with Crippen LogP contribution in [0.3, 0.4) is 0 Å². The molecule has 0 aromatic heterocycles. The van der Waals surface area contributed by atoms with E-state index < -0.39 is 57.8 Å². The van der Waals surface area contributed by atoms with Crippen LogP contribution in [0.5, 0.6) is 5.75 Å². The van der Waals surface area contributed by atoms with E-state index in [1.165, 1.54) is 0 Å². The van der Waals surface area contributed by atoms with E-state index in [0.717, 1.165) is 33.4 Å². The molecule has 5 N–H and O–H groups in total. The average Bonchev–Trinajstić information content (AvgIpc) is 2.85. The SMILES string of the molecule is Cc1cc(C(C)(C)C)cc(C(C)(C)C)c1OC(c1c(C)cc(C(C)(C)C)cc1C(C)(C)C)C(CO)(CO)COP(=O)(O)OP(=O)(O)O. The van der Waals surface area contributed by atoms with Crippen LogP contribution in [0.25, 0.3) is 0 Å². The number of rotatable bonds is 11. The molecule has 10 nitrogen and oxygen atoms in total. The molecule has 2 atom stereocenters. The van der Waals surface area contributed by atoms with Crippen LogP contribution in [0.1, 0.15) is 128 Å². The molecule has 12 heteroatoms. The summed E-state index contributed by atoms with van der Waals surface area (Å²) in [6.07, 6.45) is -1.17. The second-order valence-corrected chi connectivity index (χ2v) is 19.7. The van der Waals surface area contributed by atoms with Crippen molar-refractivity contribution in [2.45, 2.75) is 125 Å². The van der Waals surface area contributed by atoms with Crippen LogP contribution in [0.4, 0.5) is 0 Å². The molecule has 2 unspecified atom stereocenters. The second kappa shape index (κ2) is 14.0. The third-order valence-corrected chi connectivity index (χ3v) is 10.5. The molecular formula is C35H58O10P2. The van der Waals surface area contributed by atoms with Gasteiger partial charge in [0.25, 0.3) is 0 Å². The van der Waals surface area contributed by atoms with Crippen molar-refractivity contribution in [3.63, 3.8) is 0 Å². The number of aliphatic hydroxyl groups excluding tert-OH is 2. The fourth-order valence-electron chi connectivity index (χ4n) is 5.48. The summed E-state index contributed by atoms with van der Waals surface area (Å²) in [5.74, 6) is 0.527. The van der Waals surface area contributed by atoms with Crippen LogP contribution in [0, 0.1) is 19.3 Å². The number of hydrogen-bond donors (Lipinski definition) is 5. The molecule has 0 bridgehead atoms. The lowest BCUT2D eigenvalue weighted by Gasteiger charge is -2.42. The minimum Gasteiger partial charge on any atom is -0.484 e. The molecule has 0 aliphatic heterocycles. The Morgan fingerprint density at radius 3 is 1.47 bits per heavy atom. The van der Waals surface area contributed by atoms with E-state index in [1.54, 1.807) is 0 Å². The fraction of sp³-hybridized carbons (Fsp3) is 0.657. The molecule has 0 aliphatic rings. The number of aliphatic hydroxyl groups is 2. The van der Waals surface area contributed by atoms with Gasteiger partial charge in [0.05, 0.1) is 25.2 Å². The Morgan fingerprint density at radius 1 is 0.660 bits per heavy atom. The van der Waals surface area contributed by atoms with Gasteiger partial charge in [0.1, 0.15) is 11.9 Å². The summed E-state index contributed by atoms with van der Waals surface area (Å²) in [6, 6.07) is 8.28. The van der Waals surface area contributed by atoms with Gasteiger partial charge in [-0.05, 0) is 68.9 Å². The van der Waals surface area contributed by atoms with E-state index in [-0.39, 0.29) is 10.8 Å². The molecule has 0 amide bonds. The van der Waals surface area contributed by atoms with Crippen LogP contribution in [-0.2, 0) is 39.6 Å². The molecular weight excluding hydrogens is 642 g/mol. The van der Waals surface area contributed by atoms with E-state index in [4.69, 9.17) is 9.26 Å². The molecule has 47 heavy (non-hydrogen) atoms. The van der Waals surface area contributed by atoms with Gasteiger partial charge in [-0.2, -0.15) is 4.31 Å². The zero-order valence-corrected chi connectivity index (χ0v) is 32.5. The predicted molar refractivity (Wildman–Crippen MR) is 186 cm³/mol. The van der Waals surface area contributed by atoms with Crippen molar-refractivity contribution in [2.75, 3.05) is 19.8 Å². The molecule has 2 aromatic rings. The summed E-state index contributed by atoms with van der Waals surface area (Å²) in [6.45, 7) is 26.5. The number of hydrogen-bond acceptors (Lipinski definition) is 7. The molecule has 0 heterocycles. The minimum atomic E-state index is -5.43. The first-order valence-electron chi connectivity index (χ1n) is 15.8. The van der Waals surface area contributed by atoms with Crippen molar-refractivity contribution in [1.29, 1.82) is 0 Å². The highest BCUT2D eigenvalue weighted by atomic mass is 31.3. The number of phosphoric ester groups is 1. The molecule has 0 saturated carbocycles. The van der Waals surface area contributed by atoms with E-state index in [9.17, 15) is 34.0 Å². The molecule has 2 aromatic carbocycles. The maximum atomic E-state index is 12.7. The fourth-order valence-corrected chi connectivity index (χ4v) is 7.16. The van der Waals surface area contributed by atoms with Gasteiger partial charge in [0.2, 0.25) is 0 Å². The first-order valence-corrected chi connectivity index (χ1v) is 18.8. The third kappa shape index (κ3) is 10.5. The van der Waals surface area contributed by atoms with Crippen LogP contribution < -0.4 is 4.74 Å². The quantitative estimate of drug-likeness (QED) is 0.146. The molecule has 0 fully saturated rings. The Hall–Kier alpha value is -1.58. The summed E-state index contributed by atoms with van der Waals surface area (Å²) >= 11 is 0. The van der Waals surface area contributed by atoms with Crippen molar-refractivity contribution in [1.82, 2.24) is 0 Å². The van der Waals surface area contributed by atoms with Crippen LogP contribution in [-0.4, -0.2) is 44.7 Å². The van der Waals surface area contributed by atoms with Crippen molar-refractivity contribution in [3.8, 4) is 5.75 Å². The summed E-state index contributed by atoms with van der Waals surface area (Å²) in [5.41, 5.74) is 3.15. The smallest absolute Gasteiger partial charge is 0.481 e. The highest BCUT2D eigenvalue weighted by Crippen LogP contribution is 2.59. The maximum absolute atomic E-state index is 12.7. The van der Waals surface area contributed by atoms with E-state index >= 15 is 0 Å². The summed E-state index contributed by atoms with van der Waals surface area (Å²) in [5, 5.41) is 22.1. The van der Waals surface area contributed by atoms with Crippen molar-refractivity contribution < 1.29 is 47.6 Å². The third-order valence-electron chi connectivity index (χ3n) is 8.42. The number of ether oxygens (including phenoxy) is 1. The molecule has 0 aliphatic carbocycles. The number of benzene rings is 2. The Balaban J connectivity index is 3.08. The summed E-state index contributed by atoms with van der Waals surface area (Å²) in [4.78, 5) is 28.6. The molecule has 0 radical (unpaired) electrons. The number of phosphoric acid groups is 2. The van der Waals surface area contributed by atoms with Gasteiger partial charge in [-0.1, -0.05) is 107 Å². The lowest BCUT2D eigenvalue weighted by Crippen LogP contribution is -2.45.